The van der Waals surface area contributed by atoms with Gasteiger partial charge in [0.1, 0.15) is 5.60 Å². The van der Waals surface area contributed by atoms with Crippen LogP contribution in [0.25, 0.3) is 0 Å². The summed E-state index contributed by atoms with van der Waals surface area (Å²) in [6.07, 6.45) is 10.3. The zero-order chi connectivity index (χ0) is 29.7. The Morgan fingerprint density at radius 3 is 1.76 bits per heavy atom. The average Bonchev–Trinajstić information content (AvgIpc) is 2.97. The molecule has 2 aliphatic carbocycles. The first-order valence-corrected chi connectivity index (χ1v) is 16.8. The summed E-state index contributed by atoms with van der Waals surface area (Å²) < 4.78 is 13.3. The number of aliphatic hydroxyl groups is 1. The van der Waals surface area contributed by atoms with Crippen molar-refractivity contribution in [3.8, 4) is 0 Å². The van der Waals surface area contributed by atoms with Crippen LogP contribution in [0.2, 0.25) is 0 Å². The summed E-state index contributed by atoms with van der Waals surface area (Å²) in [6.45, 7) is 6.50. The second-order valence-electron chi connectivity index (χ2n) is 12.2. The molecule has 2 saturated carbocycles. The molecule has 0 aromatic heterocycles. The van der Waals surface area contributed by atoms with Crippen LogP contribution in [0.5, 0.6) is 0 Å². The summed E-state index contributed by atoms with van der Waals surface area (Å²) in [5, 5.41) is 11.0. The molecule has 2 heterocycles. The minimum Gasteiger partial charge on any atom is -0.466 e. The number of benzene rings is 2. The van der Waals surface area contributed by atoms with Crippen molar-refractivity contribution >= 4 is 43.8 Å². The summed E-state index contributed by atoms with van der Waals surface area (Å²) in [7, 11) is 0. The Morgan fingerprint density at radius 2 is 1.29 bits per heavy atom. The van der Waals surface area contributed by atoms with Gasteiger partial charge in [0.25, 0.3) is 0 Å². The van der Waals surface area contributed by atoms with Crippen LogP contribution >= 0.6 is 31.9 Å². The minimum atomic E-state index is -0.829. The van der Waals surface area contributed by atoms with E-state index in [2.05, 4.69) is 57.8 Å². The number of fused-ring (bicyclic) bond motifs is 3. The normalized spacial score (nSPS) is 30.6. The topological polar surface area (TPSA) is 72.8 Å². The fourth-order valence-corrected chi connectivity index (χ4v) is 7.69. The molecule has 4 aliphatic rings. The molecule has 2 aromatic carbocycles. The highest BCUT2D eigenvalue weighted by Crippen LogP contribution is 2.56. The molecule has 0 atom stereocenters. The molecule has 5 nitrogen and oxygen atoms in total. The lowest BCUT2D eigenvalue weighted by Gasteiger charge is -2.51. The van der Waals surface area contributed by atoms with Crippen molar-refractivity contribution in [1.82, 2.24) is 0 Å². The van der Waals surface area contributed by atoms with Crippen LogP contribution in [0, 0.1) is 10.8 Å². The maximum absolute atomic E-state index is 12.4. The van der Waals surface area contributed by atoms with E-state index in [1.54, 1.807) is 0 Å². The first-order chi connectivity index (χ1) is 19.6. The Bertz CT molecular complexity index is 1170. The van der Waals surface area contributed by atoms with Crippen molar-refractivity contribution in [2.24, 2.45) is 10.8 Å². The predicted octanol–water partition coefficient (Wildman–Crippen LogP) is 9.12. The summed E-state index contributed by atoms with van der Waals surface area (Å²) in [4.78, 5) is 24.8. The number of hydrogen-bond acceptors (Lipinski definition) is 5. The van der Waals surface area contributed by atoms with Crippen LogP contribution in [-0.4, -0.2) is 23.7 Å². The first kappa shape index (κ1) is 32.2. The number of hydrogen-bond donors (Lipinski definition) is 1. The van der Waals surface area contributed by atoms with Crippen molar-refractivity contribution < 1.29 is 24.2 Å². The Morgan fingerprint density at radius 1 is 0.780 bits per heavy atom. The second-order valence-corrected chi connectivity index (χ2v) is 14.0. The Labute approximate surface area is 262 Å². The van der Waals surface area contributed by atoms with Gasteiger partial charge in [-0.15, -0.1) is 0 Å². The number of esters is 2. The third-order valence-corrected chi connectivity index (χ3v) is 10.7. The average molecular weight is 693 g/mol. The van der Waals surface area contributed by atoms with Crippen LogP contribution in [0.1, 0.15) is 109 Å². The molecule has 6 rings (SSSR count). The van der Waals surface area contributed by atoms with Crippen molar-refractivity contribution in [2.75, 3.05) is 6.61 Å². The third kappa shape index (κ3) is 6.78. The lowest BCUT2D eigenvalue weighted by molar-refractivity contribution is -0.207. The van der Waals surface area contributed by atoms with Gasteiger partial charge in [0.2, 0.25) is 0 Å². The zero-order valence-electron chi connectivity index (χ0n) is 24.6. The molecule has 2 bridgehead atoms. The molecule has 1 N–H and O–H groups in total. The summed E-state index contributed by atoms with van der Waals surface area (Å²) in [5.74, 6) is -0.0514. The number of halogens is 2. The van der Waals surface area contributed by atoms with Gasteiger partial charge >= 0.3 is 11.9 Å². The highest BCUT2D eigenvalue weighted by molar-refractivity contribution is 9.10. The molecule has 41 heavy (non-hydrogen) atoms. The highest BCUT2D eigenvalue weighted by Gasteiger charge is 2.56. The van der Waals surface area contributed by atoms with E-state index in [4.69, 9.17) is 9.47 Å². The number of rotatable bonds is 8. The van der Waals surface area contributed by atoms with E-state index in [1.807, 2.05) is 43.3 Å². The van der Waals surface area contributed by atoms with Gasteiger partial charge in [-0.3, -0.25) is 9.59 Å². The fraction of sp³-hybridized carbons (Fsp3) is 0.588. The highest BCUT2D eigenvalue weighted by atomic mass is 79.9. The maximum Gasteiger partial charge on any atom is 0.312 e. The molecule has 2 aromatic rings. The standard InChI is InChI=1S/C18H25BrO3.C16H19BrO2/c1-3-9-17(16(20)22-4-2)10-12-18(21,13-11-17)14-5-7-15(19)8-6-14;1-2-7-15-8-10-16(11-9-15,19-14(15)18)12-3-5-13(17)6-4-12/h5-8,21H,3-4,9-13H2,1-2H3;3-6H,2,7-11H2,1H3. The molecule has 2 saturated heterocycles. The van der Waals surface area contributed by atoms with E-state index in [0.717, 1.165) is 71.4 Å². The predicted molar refractivity (Wildman–Crippen MR) is 168 cm³/mol. The largest absolute Gasteiger partial charge is 0.466 e. The molecular formula is C34H44Br2O5. The molecule has 4 fully saturated rings. The molecule has 0 amide bonds. The summed E-state index contributed by atoms with van der Waals surface area (Å²) in [5.41, 5.74) is 0.314. The molecule has 0 unspecified atom stereocenters. The van der Waals surface area contributed by atoms with Gasteiger partial charge in [-0.1, -0.05) is 82.8 Å². The lowest BCUT2D eigenvalue weighted by atomic mass is 9.62. The van der Waals surface area contributed by atoms with Crippen LogP contribution in [0.15, 0.2) is 57.5 Å². The molecule has 224 valence electrons. The van der Waals surface area contributed by atoms with E-state index < -0.39 is 11.0 Å². The first-order valence-electron chi connectivity index (χ1n) is 15.2. The van der Waals surface area contributed by atoms with E-state index >= 15 is 0 Å². The van der Waals surface area contributed by atoms with Crippen molar-refractivity contribution in [2.45, 2.75) is 109 Å². The van der Waals surface area contributed by atoms with Crippen LogP contribution < -0.4 is 0 Å². The van der Waals surface area contributed by atoms with Crippen LogP contribution in [0.4, 0.5) is 0 Å². The van der Waals surface area contributed by atoms with E-state index in [9.17, 15) is 14.7 Å². The molecular weight excluding hydrogens is 648 g/mol. The maximum atomic E-state index is 12.4. The second kappa shape index (κ2) is 13.3. The Kier molecular flexibility index (Phi) is 10.5. The van der Waals surface area contributed by atoms with Crippen LogP contribution in [0.3, 0.4) is 0 Å². The monoisotopic (exact) mass is 690 g/mol. The SMILES string of the molecule is CCCC1(C(=O)OCC)CCC(O)(c2ccc(Br)cc2)CC1.CCCC12CCC(c3ccc(Br)cc3)(CC1)OC2=O. The number of ether oxygens (including phenoxy) is 2. The van der Waals surface area contributed by atoms with Crippen molar-refractivity contribution in [3.63, 3.8) is 0 Å². The molecule has 2 aliphatic heterocycles. The van der Waals surface area contributed by atoms with E-state index in [1.165, 1.54) is 0 Å². The van der Waals surface area contributed by atoms with Gasteiger partial charge in [-0.25, -0.2) is 0 Å². The number of carbonyl (C=O) groups excluding carboxylic acids is 2. The zero-order valence-corrected chi connectivity index (χ0v) is 27.8. The third-order valence-electron chi connectivity index (χ3n) is 9.69. The molecule has 0 spiro atoms. The van der Waals surface area contributed by atoms with Gasteiger partial charge in [-0.05, 0) is 107 Å². The van der Waals surface area contributed by atoms with Crippen LogP contribution in [-0.2, 0) is 30.3 Å². The Hall–Kier alpha value is -1.70. The van der Waals surface area contributed by atoms with Gasteiger partial charge in [-0.2, -0.15) is 0 Å². The lowest BCUT2D eigenvalue weighted by Crippen LogP contribution is -2.52. The summed E-state index contributed by atoms with van der Waals surface area (Å²) in [6, 6.07) is 16.0. The van der Waals surface area contributed by atoms with Gasteiger partial charge in [0, 0.05) is 8.95 Å². The Balaban J connectivity index is 0.000000191. The quantitative estimate of drug-likeness (QED) is 0.280. The van der Waals surface area contributed by atoms with Crippen molar-refractivity contribution in [3.05, 3.63) is 68.6 Å². The smallest absolute Gasteiger partial charge is 0.312 e. The molecule has 7 heteroatoms. The van der Waals surface area contributed by atoms with E-state index in [-0.39, 0.29) is 23.0 Å². The minimum absolute atomic E-state index is 0.0368. The van der Waals surface area contributed by atoms with Gasteiger partial charge < -0.3 is 14.6 Å². The number of carbonyl (C=O) groups is 2. The van der Waals surface area contributed by atoms with E-state index in [0.29, 0.717) is 32.3 Å². The fourth-order valence-electron chi connectivity index (χ4n) is 7.17. The summed E-state index contributed by atoms with van der Waals surface area (Å²) >= 11 is 6.87. The van der Waals surface area contributed by atoms with Gasteiger partial charge in [0.15, 0.2) is 0 Å². The van der Waals surface area contributed by atoms with Gasteiger partial charge in [0.05, 0.1) is 23.0 Å². The van der Waals surface area contributed by atoms with Crippen molar-refractivity contribution in [1.29, 1.82) is 0 Å². The molecule has 0 radical (unpaired) electrons.